The lowest BCUT2D eigenvalue weighted by atomic mass is 10.3. The molecule has 0 amide bonds. The molecule has 1 unspecified atom stereocenters. The van der Waals surface area contributed by atoms with Crippen LogP contribution in [0, 0.1) is 12.7 Å². The van der Waals surface area contributed by atoms with Gasteiger partial charge in [0.2, 0.25) is 0 Å². The normalized spacial score (nSPS) is 12.6. The summed E-state index contributed by atoms with van der Waals surface area (Å²) in [4.78, 5) is 0.421. The fraction of sp³-hybridized carbons (Fsp3) is 0.308. The third-order valence-electron chi connectivity index (χ3n) is 2.96. The summed E-state index contributed by atoms with van der Waals surface area (Å²) in [6, 6.07) is 4.24. The van der Waals surface area contributed by atoms with Crippen molar-refractivity contribution in [2.45, 2.75) is 31.0 Å². The molecule has 0 bridgehead atoms. The van der Waals surface area contributed by atoms with E-state index in [1.807, 2.05) is 13.8 Å². The van der Waals surface area contributed by atoms with E-state index in [-0.39, 0.29) is 11.4 Å². The van der Waals surface area contributed by atoms with E-state index in [4.69, 9.17) is 5.73 Å². The molecule has 2 N–H and O–H groups in total. The number of rotatable bonds is 4. The van der Waals surface area contributed by atoms with Crippen LogP contribution in [0.2, 0.25) is 0 Å². The first kappa shape index (κ1) is 15.2. The summed E-state index contributed by atoms with van der Waals surface area (Å²) in [6.07, 6.45) is 0. The molecule has 20 heavy (non-hydrogen) atoms. The molecule has 0 radical (unpaired) electrons. The van der Waals surface area contributed by atoms with Gasteiger partial charge in [-0.05, 0) is 48.0 Å². The molecule has 0 saturated heterocycles. The van der Waals surface area contributed by atoms with Crippen LogP contribution in [0.4, 0.5) is 10.1 Å². The van der Waals surface area contributed by atoms with Gasteiger partial charge in [0.1, 0.15) is 5.82 Å². The van der Waals surface area contributed by atoms with Crippen molar-refractivity contribution >= 4 is 32.4 Å². The van der Waals surface area contributed by atoms with E-state index in [0.29, 0.717) is 11.4 Å². The Hall–Kier alpha value is -1.21. The SMILES string of the molecule is CCn1nc(C)c(Br)c1CS(=O)c1ccc(N)c(F)c1. The van der Waals surface area contributed by atoms with Gasteiger partial charge < -0.3 is 5.73 Å². The summed E-state index contributed by atoms with van der Waals surface area (Å²) in [6.45, 7) is 4.54. The van der Waals surface area contributed by atoms with Crippen molar-refractivity contribution in [1.82, 2.24) is 9.78 Å². The molecule has 1 heterocycles. The van der Waals surface area contributed by atoms with E-state index in [0.717, 1.165) is 15.9 Å². The highest BCUT2D eigenvalue weighted by Crippen LogP contribution is 2.24. The van der Waals surface area contributed by atoms with Gasteiger partial charge in [-0.15, -0.1) is 0 Å². The second-order valence-corrected chi connectivity index (χ2v) is 6.58. The van der Waals surface area contributed by atoms with Crippen LogP contribution in [0.5, 0.6) is 0 Å². The summed E-state index contributed by atoms with van der Waals surface area (Å²) in [5.41, 5.74) is 7.17. The number of aromatic nitrogens is 2. The molecule has 0 saturated carbocycles. The Labute approximate surface area is 127 Å². The minimum absolute atomic E-state index is 0.0568. The molecule has 0 spiro atoms. The van der Waals surface area contributed by atoms with Gasteiger partial charge in [0.25, 0.3) is 0 Å². The molecule has 0 aliphatic rings. The number of anilines is 1. The van der Waals surface area contributed by atoms with Gasteiger partial charge in [-0.3, -0.25) is 8.89 Å². The molecular formula is C13H15BrFN3OS. The molecule has 0 fully saturated rings. The molecular weight excluding hydrogens is 345 g/mol. The topological polar surface area (TPSA) is 60.9 Å². The predicted octanol–water partition coefficient (Wildman–Crippen LogP) is 3.00. The Morgan fingerprint density at radius 1 is 1.50 bits per heavy atom. The third kappa shape index (κ3) is 2.93. The number of nitrogen functional groups attached to an aromatic ring is 1. The van der Waals surface area contributed by atoms with E-state index >= 15 is 0 Å². The Bertz CT molecular complexity index is 672. The fourth-order valence-electron chi connectivity index (χ4n) is 1.86. The monoisotopic (exact) mass is 359 g/mol. The van der Waals surface area contributed by atoms with Crippen molar-refractivity contribution in [3.8, 4) is 0 Å². The van der Waals surface area contributed by atoms with E-state index < -0.39 is 16.6 Å². The molecule has 1 aromatic carbocycles. The first-order valence-corrected chi connectivity index (χ1v) is 8.20. The number of hydrogen-bond acceptors (Lipinski definition) is 3. The zero-order valence-corrected chi connectivity index (χ0v) is 13.6. The van der Waals surface area contributed by atoms with Crippen LogP contribution in [0.15, 0.2) is 27.6 Å². The lowest BCUT2D eigenvalue weighted by Crippen LogP contribution is -2.07. The first-order valence-electron chi connectivity index (χ1n) is 6.09. The number of nitrogens with two attached hydrogens (primary N) is 1. The maximum absolute atomic E-state index is 13.4. The quantitative estimate of drug-likeness (QED) is 0.853. The first-order chi connectivity index (χ1) is 9.43. The van der Waals surface area contributed by atoms with Crippen LogP contribution in [-0.2, 0) is 23.1 Å². The Morgan fingerprint density at radius 3 is 2.80 bits per heavy atom. The van der Waals surface area contributed by atoms with Gasteiger partial charge >= 0.3 is 0 Å². The highest BCUT2D eigenvalue weighted by molar-refractivity contribution is 9.10. The zero-order chi connectivity index (χ0) is 14.9. The maximum Gasteiger partial charge on any atom is 0.147 e. The molecule has 0 aliphatic carbocycles. The number of aryl methyl sites for hydroxylation is 2. The number of halogens is 2. The largest absolute Gasteiger partial charge is 0.396 e. The Morgan fingerprint density at radius 2 is 2.20 bits per heavy atom. The van der Waals surface area contributed by atoms with Crippen molar-refractivity contribution in [2.75, 3.05) is 5.73 Å². The van der Waals surface area contributed by atoms with Crippen molar-refractivity contribution in [3.05, 3.63) is 39.9 Å². The van der Waals surface area contributed by atoms with Gasteiger partial charge in [0.15, 0.2) is 0 Å². The van der Waals surface area contributed by atoms with E-state index in [9.17, 15) is 8.60 Å². The van der Waals surface area contributed by atoms with Crippen LogP contribution in [-0.4, -0.2) is 14.0 Å². The highest BCUT2D eigenvalue weighted by Gasteiger charge is 2.16. The molecule has 2 aromatic rings. The average molecular weight is 360 g/mol. The standard InChI is InChI=1S/C13H15BrFN3OS/c1-3-18-12(13(14)8(2)17-18)7-20(19)9-4-5-11(16)10(15)6-9/h4-6H,3,7,16H2,1-2H3. The zero-order valence-electron chi connectivity index (χ0n) is 11.2. The molecule has 2 rings (SSSR count). The van der Waals surface area contributed by atoms with Crippen molar-refractivity contribution in [1.29, 1.82) is 0 Å². The maximum atomic E-state index is 13.4. The number of benzene rings is 1. The van der Waals surface area contributed by atoms with Crippen molar-refractivity contribution in [2.24, 2.45) is 0 Å². The third-order valence-corrected chi connectivity index (χ3v) is 5.30. The summed E-state index contributed by atoms with van der Waals surface area (Å²) >= 11 is 3.46. The molecule has 1 aromatic heterocycles. The predicted molar refractivity (Wildman–Crippen MR) is 81.3 cm³/mol. The minimum Gasteiger partial charge on any atom is -0.396 e. The van der Waals surface area contributed by atoms with Crippen LogP contribution < -0.4 is 5.73 Å². The van der Waals surface area contributed by atoms with Gasteiger partial charge in [-0.2, -0.15) is 5.10 Å². The Kier molecular flexibility index (Phi) is 4.59. The van der Waals surface area contributed by atoms with Crippen molar-refractivity contribution in [3.63, 3.8) is 0 Å². The second-order valence-electron chi connectivity index (χ2n) is 4.34. The summed E-state index contributed by atoms with van der Waals surface area (Å²) in [5.74, 6) is -0.270. The minimum atomic E-state index is -1.35. The number of hydrogen-bond donors (Lipinski definition) is 1. The van der Waals surface area contributed by atoms with Gasteiger partial charge in [0.05, 0.1) is 38.1 Å². The molecule has 108 valence electrons. The highest BCUT2D eigenvalue weighted by atomic mass is 79.9. The van der Waals surface area contributed by atoms with E-state index in [2.05, 4.69) is 21.0 Å². The van der Waals surface area contributed by atoms with Gasteiger partial charge in [-0.25, -0.2) is 4.39 Å². The average Bonchev–Trinajstić information content (AvgIpc) is 2.69. The van der Waals surface area contributed by atoms with Gasteiger partial charge in [0, 0.05) is 11.4 Å². The summed E-state index contributed by atoms with van der Waals surface area (Å²) < 4.78 is 28.4. The summed E-state index contributed by atoms with van der Waals surface area (Å²) in [7, 11) is -1.35. The molecule has 0 aliphatic heterocycles. The fourth-order valence-corrected chi connectivity index (χ4v) is 3.64. The molecule has 7 heteroatoms. The van der Waals surface area contributed by atoms with Crippen LogP contribution in [0.1, 0.15) is 18.3 Å². The Balaban J connectivity index is 2.30. The van der Waals surface area contributed by atoms with Crippen LogP contribution in [0.3, 0.4) is 0 Å². The lowest BCUT2D eigenvalue weighted by Gasteiger charge is -2.07. The second kappa shape index (κ2) is 6.05. The van der Waals surface area contributed by atoms with Crippen molar-refractivity contribution < 1.29 is 8.60 Å². The summed E-state index contributed by atoms with van der Waals surface area (Å²) in [5, 5.41) is 4.35. The smallest absolute Gasteiger partial charge is 0.147 e. The van der Waals surface area contributed by atoms with E-state index in [1.165, 1.54) is 12.1 Å². The van der Waals surface area contributed by atoms with Crippen LogP contribution in [0.25, 0.3) is 0 Å². The molecule has 4 nitrogen and oxygen atoms in total. The van der Waals surface area contributed by atoms with E-state index in [1.54, 1.807) is 10.7 Å². The van der Waals surface area contributed by atoms with Crippen LogP contribution >= 0.6 is 15.9 Å². The lowest BCUT2D eigenvalue weighted by molar-refractivity contribution is 0.622. The van der Waals surface area contributed by atoms with Gasteiger partial charge in [-0.1, -0.05) is 0 Å². The number of nitrogens with zero attached hydrogens (tertiary/aromatic N) is 2. The molecule has 1 atom stereocenters.